The van der Waals surface area contributed by atoms with E-state index in [9.17, 15) is 9.28 Å². The van der Waals surface area contributed by atoms with Gasteiger partial charge in [0, 0.05) is 29.4 Å². The van der Waals surface area contributed by atoms with E-state index >= 15 is 0 Å². The number of rotatable bonds is 0. The maximum Gasteiger partial charge on any atom is 0.288 e. The second-order valence-electron chi connectivity index (χ2n) is 4.36. The number of nitrogens with zero attached hydrogens (tertiary/aromatic N) is 3. The molecule has 19 heavy (non-hydrogen) atoms. The van der Waals surface area contributed by atoms with Crippen LogP contribution >= 0.6 is 0 Å². The Kier molecular flexibility index (Phi) is 1.84. The summed E-state index contributed by atoms with van der Waals surface area (Å²) in [5, 5.41) is 1.92. The molecule has 0 N–H and O–H groups in total. The minimum Gasteiger partial charge on any atom is -0.299 e. The Morgan fingerprint density at radius 1 is 1.05 bits per heavy atom. The third-order valence-corrected chi connectivity index (χ3v) is 3.36. The van der Waals surface area contributed by atoms with Gasteiger partial charge in [0.05, 0.1) is 10.9 Å². The van der Waals surface area contributed by atoms with Crippen LogP contribution in [0.25, 0.3) is 27.3 Å². The zero-order chi connectivity index (χ0) is 13.0. The van der Waals surface area contributed by atoms with Crippen molar-refractivity contribution in [1.82, 2.24) is 14.2 Å². The third-order valence-electron chi connectivity index (χ3n) is 3.36. The van der Waals surface area contributed by atoms with Crippen molar-refractivity contribution in [2.24, 2.45) is 0 Å². The van der Waals surface area contributed by atoms with Gasteiger partial charge in [-0.25, -0.2) is 4.98 Å². The zero-order valence-electron chi connectivity index (χ0n) is 9.75. The molecule has 0 aliphatic heterocycles. The Bertz CT molecular complexity index is 1000. The van der Waals surface area contributed by atoms with E-state index in [1.807, 2.05) is 24.3 Å². The smallest absolute Gasteiger partial charge is 0.288 e. The monoisotopic (exact) mass is 253 g/mol. The third kappa shape index (κ3) is 1.21. The molecule has 4 rings (SSSR count). The standard InChI is InChI=1S/C14H8FN3O/c15-18-7-5-11-12(14(18)19)9-3-1-2-4-10(9)13-16-6-8-17(11)13/h1-8H. The maximum atomic E-state index is 13.5. The Labute approximate surface area is 106 Å². The predicted molar refractivity (Wildman–Crippen MR) is 71.0 cm³/mol. The molecule has 0 saturated carbocycles. The van der Waals surface area contributed by atoms with Crippen LogP contribution in [-0.2, 0) is 0 Å². The highest BCUT2D eigenvalue weighted by Gasteiger charge is 2.12. The molecule has 0 aliphatic carbocycles. The number of hydrogen-bond donors (Lipinski definition) is 0. The van der Waals surface area contributed by atoms with Crippen LogP contribution in [0.5, 0.6) is 0 Å². The van der Waals surface area contributed by atoms with Gasteiger partial charge in [-0.05, 0) is 6.07 Å². The predicted octanol–water partition coefficient (Wildman–Crippen LogP) is 2.54. The first-order valence-electron chi connectivity index (χ1n) is 5.82. The molecule has 4 aromatic rings. The van der Waals surface area contributed by atoms with Crippen molar-refractivity contribution in [3.63, 3.8) is 0 Å². The largest absolute Gasteiger partial charge is 0.299 e. The molecule has 0 radical (unpaired) electrons. The van der Waals surface area contributed by atoms with Gasteiger partial charge in [-0.3, -0.25) is 9.20 Å². The first-order valence-corrected chi connectivity index (χ1v) is 5.82. The van der Waals surface area contributed by atoms with E-state index in [1.165, 1.54) is 0 Å². The van der Waals surface area contributed by atoms with Crippen molar-refractivity contribution in [3.05, 3.63) is 59.3 Å². The summed E-state index contributed by atoms with van der Waals surface area (Å²) in [4.78, 5) is 16.5. The summed E-state index contributed by atoms with van der Waals surface area (Å²) in [7, 11) is 0. The van der Waals surface area contributed by atoms with E-state index < -0.39 is 5.56 Å². The van der Waals surface area contributed by atoms with E-state index in [0.29, 0.717) is 16.3 Å². The highest BCUT2D eigenvalue weighted by molar-refractivity contribution is 6.11. The average molecular weight is 253 g/mol. The minimum absolute atomic E-state index is 0.109. The highest BCUT2D eigenvalue weighted by atomic mass is 19.2. The second kappa shape index (κ2) is 3.41. The Morgan fingerprint density at radius 2 is 1.84 bits per heavy atom. The molecule has 0 bridgehead atoms. The molecule has 0 fully saturated rings. The maximum absolute atomic E-state index is 13.5. The van der Waals surface area contributed by atoms with Crippen molar-refractivity contribution >= 4 is 27.3 Å². The molecule has 3 aromatic heterocycles. The number of halogens is 1. The lowest BCUT2D eigenvalue weighted by Crippen LogP contribution is -2.14. The van der Waals surface area contributed by atoms with Gasteiger partial charge in [-0.15, -0.1) is 4.79 Å². The van der Waals surface area contributed by atoms with E-state index in [2.05, 4.69) is 4.98 Å². The van der Waals surface area contributed by atoms with Gasteiger partial charge in [0.25, 0.3) is 5.56 Å². The van der Waals surface area contributed by atoms with Gasteiger partial charge in [0.15, 0.2) is 0 Å². The zero-order valence-corrected chi connectivity index (χ0v) is 9.75. The molecular weight excluding hydrogens is 245 g/mol. The van der Waals surface area contributed by atoms with Gasteiger partial charge in [0.1, 0.15) is 5.65 Å². The molecule has 4 nitrogen and oxygen atoms in total. The highest BCUT2D eigenvalue weighted by Crippen LogP contribution is 2.26. The number of imidazole rings is 1. The number of aromatic nitrogens is 3. The van der Waals surface area contributed by atoms with Crippen LogP contribution in [0.15, 0.2) is 53.7 Å². The number of hydrogen-bond acceptors (Lipinski definition) is 2. The van der Waals surface area contributed by atoms with Crippen molar-refractivity contribution in [2.75, 3.05) is 0 Å². The fraction of sp³-hybridized carbons (Fsp3) is 0. The van der Waals surface area contributed by atoms with Gasteiger partial charge >= 0.3 is 0 Å². The number of fused-ring (bicyclic) bond motifs is 6. The molecule has 0 saturated heterocycles. The van der Waals surface area contributed by atoms with Crippen LogP contribution < -0.4 is 5.56 Å². The summed E-state index contributed by atoms with van der Waals surface area (Å²) >= 11 is 0. The van der Waals surface area contributed by atoms with Crippen LogP contribution in [0, 0.1) is 0 Å². The molecule has 0 unspecified atom stereocenters. The molecule has 0 aliphatic rings. The lowest BCUT2D eigenvalue weighted by molar-refractivity contribution is 0.355. The summed E-state index contributed by atoms with van der Waals surface area (Å²) in [6.07, 6.45) is 4.56. The molecule has 92 valence electrons. The summed E-state index contributed by atoms with van der Waals surface area (Å²) in [5.74, 6) is 0. The minimum atomic E-state index is -0.649. The summed E-state index contributed by atoms with van der Waals surface area (Å²) < 4.78 is 15.3. The molecular formula is C14H8FN3O. The average Bonchev–Trinajstić information content (AvgIpc) is 2.92. The summed E-state index contributed by atoms with van der Waals surface area (Å²) in [5.41, 5.74) is 0.772. The SMILES string of the molecule is O=c1c2c3ccccc3c3nccn3c2ccn1F. The van der Waals surface area contributed by atoms with Crippen molar-refractivity contribution < 1.29 is 4.48 Å². The first-order chi connectivity index (χ1) is 9.27. The fourth-order valence-corrected chi connectivity index (χ4v) is 2.55. The molecule has 1 aromatic carbocycles. The van der Waals surface area contributed by atoms with E-state index in [1.54, 1.807) is 22.9 Å². The Hall–Kier alpha value is -2.69. The van der Waals surface area contributed by atoms with Gasteiger partial charge in [0.2, 0.25) is 0 Å². The quantitative estimate of drug-likeness (QED) is 0.452. The lowest BCUT2D eigenvalue weighted by Gasteiger charge is -2.07. The summed E-state index contributed by atoms with van der Waals surface area (Å²) in [6, 6.07) is 8.98. The van der Waals surface area contributed by atoms with Gasteiger partial charge < -0.3 is 0 Å². The molecule has 0 atom stereocenters. The van der Waals surface area contributed by atoms with E-state index in [4.69, 9.17) is 0 Å². The van der Waals surface area contributed by atoms with Crippen molar-refractivity contribution in [3.8, 4) is 0 Å². The summed E-state index contributed by atoms with van der Waals surface area (Å²) in [6.45, 7) is 0. The second-order valence-corrected chi connectivity index (χ2v) is 4.36. The first kappa shape index (κ1) is 10.3. The Balaban J connectivity index is 2.51. The van der Waals surface area contributed by atoms with Gasteiger partial charge in [-0.2, -0.15) is 0 Å². The van der Waals surface area contributed by atoms with Crippen LogP contribution in [0.3, 0.4) is 0 Å². The lowest BCUT2D eigenvalue weighted by atomic mass is 10.1. The van der Waals surface area contributed by atoms with Crippen LogP contribution in [0.2, 0.25) is 0 Å². The molecule has 3 heterocycles. The number of benzene rings is 1. The topological polar surface area (TPSA) is 39.3 Å². The van der Waals surface area contributed by atoms with Crippen LogP contribution in [0.1, 0.15) is 0 Å². The number of pyridine rings is 2. The molecule has 5 heteroatoms. The van der Waals surface area contributed by atoms with E-state index in [0.717, 1.165) is 17.2 Å². The normalized spacial score (nSPS) is 11.6. The Morgan fingerprint density at radius 3 is 2.68 bits per heavy atom. The van der Waals surface area contributed by atoms with E-state index in [-0.39, 0.29) is 4.79 Å². The molecule has 0 spiro atoms. The fourth-order valence-electron chi connectivity index (χ4n) is 2.55. The molecule has 0 amide bonds. The van der Waals surface area contributed by atoms with Crippen molar-refractivity contribution in [1.29, 1.82) is 0 Å². The van der Waals surface area contributed by atoms with Crippen LogP contribution in [0.4, 0.5) is 4.48 Å². The van der Waals surface area contributed by atoms with Crippen LogP contribution in [-0.4, -0.2) is 14.2 Å². The van der Waals surface area contributed by atoms with Crippen molar-refractivity contribution in [2.45, 2.75) is 0 Å². The van der Waals surface area contributed by atoms with Gasteiger partial charge in [-0.1, -0.05) is 28.7 Å².